The number of hydrogen-bond acceptors (Lipinski definition) is 7. The fourth-order valence-corrected chi connectivity index (χ4v) is 2.17. The van der Waals surface area contributed by atoms with E-state index in [1.165, 1.54) is 6.20 Å². The van der Waals surface area contributed by atoms with Crippen molar-refractivity contribution in [3.05, 3.63) is 65.9 Å². The second kappa shape index (κ2) is 8.65. The molecule has 0 unspecified atom stereocenters. The van der Waals surface area contributed by atoms with Gasteiger partial charge in [-0.15, -0.1) is 10.2 Å². The van der Waals surface area contributed by atoms with E-state index < -0.39 is 5.82 Å². The largest absolute Gasteiger partial charge is 0.367 e. The molecule has 0 aliphatic carbocycles. The number of hydrogen-bond donors (Lipinski definition) is 3. The summed E-state index contributed by atoms with van der Waals surface area (Å²) in [7, 11) is 0. The molecule has 27 heavy (non-hydrogen) atoms. The van der Waals surface area contributed by atoms with Crippen LogP contribution in [0, 0.1) is 12.7 Å². The highest BCUT2D eigenvalue weighted by atomic mass is 19.1. The Morgan fingerprint density at radius 1 is 1.00 bits per heavy atom. The molecule has 3 aromatic heterocycles. The van der Waals surface area contributed by atoms with Crippen LogP contribution in [0.4, 0.5) is 21.8 Å². The van der Waals surface area contributed by atoms with E-state index in [9.17, 15) is 9.18 Å². The topological polar surface area (TPSA) is 105 Å². The van der Waals surface area contributed by atoms with Crippen LogP contribution in [0.25, 0.3) is 0 Å². The Kier molecular flexibility index (Phi) is 5.83. The minimum absolute atomic E-state index is 0.176. The fourth-order valence-electron chi connectivity index (χ4n) is 2.17. The minimum Gasteiger partial charge on any atom is -0.367 e. The number of aromatic nitrogens is 4. The van der Waals surface area contributed by atoms with Crippen molar-refractivity contribution in [2.24, 2.45) is 0 Å². The third kappa shape index (κ3) is 5.43. The van der Waals surface area contributed by atoms with Gasteiger partial charge in [-0.1, -0.05) is 6.07 Å². The molecule has 3 rings (SSSR count). The van der Waals surface area contributed by atoms with Gasteiger partial charge in [0.2, 0.25) is 0 Å². The highest BCUT2D eigenvalue weighted by Crippen LogP contribution is 2.12. The zero-order valence-electron chi connectivity index (χ0n) is 14.6. The van der Waals surface area contributed by atoms with E-state index in [0.29, 0.717) is 30.5 Å². The van der Waals surface area contributed by atoms with E-state index in [-0.39, 0.29) is 11.5 Å². The first-order valence-electron chi connectivity index (χ1n) is 8.26. The lowest BCUT2D eigenvalue weighted by Crippen LogP contribution is -2.29. The van der Waals surface area contributed by atoms with E-state index in [2.05, 4.69) is 36.1 Å². The summed E-state index contributed by atoms with van der Waals surface area (Å²) in [5.74, 6) is 0.888. The molecule has 3 aromatic rings. The molecule has 0 radical (unpaired) electrons. The molecule has 9 heteroatoms. The average molecular weight is 367 g/mol. The first-order chi connectivity index (χ1) is 13.1. The maximum atomic E-state index is 13.0. The van der Waals surface area contributed by atoms with Gasteiger partial charge in [0.15, 0.2) is 5.82 Å². The van der Waals surface area contributed by atoms with Gasteiger partial charge in [0, 0.05) is 25.5 Å². The molecule has 0 atom stereocenters. The number of carbonyl (C=O) groups is 1. The quantitative estimate of drug-likeness (QED) is 0.550. The van der Waals surface area contributed by atoms with Crippen molar-refractivity contribution in [2.75, 3.05) is 23.7 Å². The zero-order chi connectivity index (χ0) is 19.1. The van der Waals surface area contributed by atoms with Crippen molar-refractivity contribution in [1.29, 1.82) is 0 Å². The molecule has 3 heterocycles. The van der Waals surface area contributed by atoms with Gasteiger partial charge in [-0.25, -0.2) is 9.37 Å². The van der Waals surface area contributed by atoms with Crippen molar-refractivity contribution < 1.29 is 9.18 Å². The number of nitrogens with zero attached hydrogens (tertiary/aromatic N) is 4. The molecule has 0 saturated carbocycles. The summed E-state index contributed by atoms with van der Waals surface area (Å²) in [4.78, 5) is 19.7. The van der Waals surface area contributed by atoms with Crippen LogP contribution in [0.5, 0.6) is 0 Å². The summed E-state index contributed by atoms with van der Waals surface area (Å²) in [5.41, 5.74) is 1.25. The maximum absolute atomic E-state index is 13.0. The third-order valence-corrected chi connectivity index (χ3v) is 3.52. The second-order valence-corrected chi connectivity index (χ2v) is 5.72. The maximum Gasteiger partial charge on any atom is 0.253 e. The van der Waals surface area contributed by atoms with Crippen LogP contribution in [0.15, 0.2) is 48.9 Å². The van der Waals surface area contributed by atoms with Gasteiger partial charge in [-0.05, 0) is 36.8 Å². The summed E-state index contributed by atoms with van der Waals surface area (Å²) in [6.45, 7) is 2.74. The number of nitrogens with one attached hydrogen (secondary N) is 3. The van der Waals surface area contributed by atoms with Crippen LogP contribution < -0.4 is 16.0 Å². The number of pyridine rings is 2. The molecular formula is C18H18FN7O. The van der Waals surface area contributed by atoms with Gasteiger partial charge in [-0.3, -0.25) is 9.78 Å². The van der Waals surface area contributed by atoms with Crippen molar-refractivity contribution in [3.63, 3.8) is 0 Å². The van der Waals surface area contributed by atoms with E-state index >= 15 is 0 Å². The van der Waals surface area contributed by atoms with Gasteiger partial charge < -0.3 is 16.0 Å². The van der Waals surface area contributed by atoms with E-state index in [0.717, 1.165) is 17.8 Å². The summed E-state index contributed by atoms with van der Waals surface area (Å²) < 4.78 is 13.0. The smallest absolute Gasteiger partial charge is 0.253 e. The Morgan fingerprint density at radius 2 is 1.78 bits per heavy atom. The summed E-state index contributed by atoms with van der Waals surface area (Å²) in [6.07, 6.45) is 4.12. The Labute approximate surface area is 155 Å². The van der Waals surface area contributed by atoms with Gasteiger partial charge in [0.05, 0.1) is 11.8 Å². The van der Waals surface area contributed by atoms with Gasteiger partial charge in [-0.2, -0.15) is 0 Å². The van der Waals surface area contributed by atoms with Crippen molar-refractivity contribution in [2.45, 2.75) is 6.92 Å². The summed E-state index contributed by atoms with van der Waals surface area (Å²) in [6, 6.07) is 8.48. The van der Waals surface area contributed by atoms with Gasteiger partial charge in [0.25, 0.3) is 5.91 Å². The van der Waals surface area contributed by atoms with Crippen LogP contribution in [0.3, 0.4) is 0 Å². The van der Waals surface area contributed by atoms with Crippen LogP contribution >= 0.6 is 0 Å². The molecule has 0 aliphatic heterocycles. The number of anilines is 3. The van der Waals surface area contributed by atoms with Gasteiger partial charge >= 0.3 is 0 Å². The molecular weight excluding hydrogens is 349 g/mol. The molecule has 8 nitrogen and oxygen atoms in total. The highest BCUT2D eigenvalue weighted by molar-refractivity contribution is 5.93. The van der Waals surface area contributed by atoms with E-state index in [4.69, 9.17) is 0 Å². The molecule has 3 N–H and O–H groups in total. The first kappa shape index (κ1) is 18.2. The molecule has 0 saturated heterocycles. The molecule has 0 aromatic carbocycles. The number of amides is 1. The van der Waals surface area contributed by atoms with Gasteiger partial charge in [0.1, 0.15) is 17.5 Å². The average Bonchev–Trinajstić information content (AvgIpc) is 2.68. The number of aryl methyl sites for hydroxylation is 1. The predicted octanol–water partition coefficient (Wildman–Crippen LogP) is 2.30. The minimum atomic E-state index is -0.550. The van der Waals surface area contributed by atoms with Crippen LogP contribution in [-0.2, 0) is 0 Å². The molecule has 138 valence electrons. The number of halogens is 1. The summed E-state index contributed by atoms with van der Waals surface area (Å²) in [5, 5.41) is 16.9. The molecule has 0 aliphatic rings. The molecule has 1 amide bonds. The monoisotopic (exact) mass is 367 g/mol. The standard InChI is InChI=1S/C18H18FN7O/c1-12-2-3-15(23-9-12)24-17-5-4-16(25-26-17)21-6-7-22-18(27)13-8-14(19)11-20-10-13/h2-5,8-11H,6-7H2,1H3,(H,21,25)(H,22,27)(H,23,24,26). The Balaban J connectivity index is 1.43. The van der Waals surface area contributed by atoms with Crippen LogP contribution in [0.2, 0.25) is 0 Å². The lowest BCUT2D eigenvalue weighted by Gasteiger charge is -2.08. The predicted molar refractivity (Wildman–Crippen MR) is 99.3 cm³/mol. The third-order valence-electron chi connectivity index (χ3n) is 3.52. The number of carbonyl (C=O) groups excluding carboxylic acids is 1. The van der Waals surface area contributed by atoms with Crippen molar-refractivity contribution in [1.82, 2.24) is 25.5 Å². The van der Waals surface area contributed by atoms with Crippen molar-refractivity contribution in [3.8, 4) is 0 Å². The normalized spacial score (nSPS) is 10.3. The molecule has 0 spiro atoms. The second-order valence-electron chi connectivity index (χ2n) is 5.72. The van der Waals surface area contributed by atoms with E-state index in [1.54, 1.807) is 18.3 Å². The van der Waals surface area contributed by atoms with Crippen LogP contribution in [-0.4, -0.2) is 39.2 Å². The van der Waals surface area contributed by atoms with Crippen molar-refractivity contribution >= 4 is 23.4 Å². The fraction of sp³-hybridized carbons (Fsp3) is 0.167. The lowest BCUT2D eigenvalue weighted by atomic mass is 10.2. The van der Waals surface area contributed by atoms with Crippen LogP contribution in [0.1, 0.15) is 15.9 Å². The molecule has 0 fully saturated rings. The Hall–Kier alpha value is -3.62. The Bertz CT molecular complexity index is 900. The highest BCUT2D eigenvalue weighted by Gasteiger charge is 2.06. The zero-order valence-corrected chi connectivity index (χ0v) is 14.6. The Morgan fingerprint density at radius 3 is 2.48 bits per heavy atom. The molecule has 0 bridgehead atoms. The lowest BCUT2D eigenvalue weighted by molar-refractivity contribution is 0.0954. The summed E-state index contributed by atoms with van der Waals surface area (Å²) >= 11 is 0. The first-order valence-corrected chi connectivity index (χ1v) is 8.26. The number of rotatable bonds is 7. The SMILES string of the molecule is Cc1ccc(Nc2ccc(NCCNC(=O)c3cncc(F)c3)nn2)nc1. The van der Waals surface area contributed by atoms with E-state index in [1.807, 2.05) is 19.1 Å².